The first-order valence-corrected chi connectivity index (χ1v) is 5.73. The third kappa shape index (κ3) is 2.78. The summed E-state index contributed by atoms with van der Waals surface area (Å²) in [7, 11) is 0. The molecular weight excluding hydrogens is 250 g/mol. The summed E-state index contributed by atoms with van der Waals surface area (Å²) in [6.07, 6.45) is 1.49. The fourth-order valence-electron chi connectivity index (χ4n) is 1.51. The van der Waals surface area contributed by atoms with Gasteiger partial charge in [-0.1, -0.05) is 17.7 Å². The van der Waals surface area contributed by atoms with Crippen LogP contribution in [0.3, 0.4) is 0 Å². The van der Waals surface area contributed by atoms with Crippen LogP contribution in [-0.4, -0.2) is 10.9 Å². The highest BCUT2D eigenvalue weighted by molar-refractivity contribution is 6.34. The van der Waals surface area contributed by atoms with Crippen molar-refractivity contribution in [3.63, 3.8) is 0 Å². The zero-order valence-corrected chi connectivity index (χ0v) is 10.5. The maximum atomic E-state index is 12.0. The van der Waals surface area contributed by atoms with Gasteiger partial charge < -0.3 is 11.1 Å². The van der Waals surface area contributed by atoms with Crippen LogP contribution in [-0.2, 0) is 0 Å². The zero-order chi connectivity index (χ0) is 13.1. The summed E-state index contributed by atoms with van der Waals surface area (Å²) in [4.78, 5) is 15.8. The van der Waals surface area contributed by atoms with Gasteiger partial charge >= 0.3 is 0 Å². The molecule has 92 valence electrons. The molecule has 3 N–H and O–H groups in total. The number of nitrogen functional groups attached to an aromatic ring is 1. The van der Waals surface area contributed by atoms with E-state index < -0.39 is 0 Å². The molecule has 2 aromatic rings. The topological polar surface area (TPSA) is 68.0 Å². The van der Waals surface area contributed by atoms with Crippen LogP contribution in [0.2, 0.25) is 5.02 Å². The van der Waals surface area contributed by atoms with Crippen molar-refractivity contribution < 1.29 is 4.79 Å². The van der Waals surface area contributed by atoms with Crippen molar-refractivity contribution in [1.82, 2.24) is 4.98 Å². The molecular formula is C13H12ClN3O. The molecule has 5 heteroatoms. The van der Waals surface area contributed by atoms with Gasteiger partial charge in [0.2, 0.25) is 0 Å². The maximum absolute atomic E-state index is 12.0. The van der Waals surface area contributed by atoms with Crippen LogP contribution < -0.4 is 11.1 Å². The van der Waals surface area contributed by atoms with Crippen molar-refractivity contribution in [3.05, 3.63) is 52.7 Å². The standard InChI is InChI=1S/C13H12ClN3O/c1-8-2-3-11(10(14)6-8)17-13(18)9-4-5-16-12(15)7-9/h2-7H,1H3,(H2,15,16)(H,17,18). The number of benzene rings is 1. The lowest BCUT2D eigenvalue weighted by Gasteiger charge is -2.08. The molecule has 0 aliphatic heterocycles. The van der Waals surface area contributed by atoms with Crippen molar-refractivity contribution in [3.8, 4) is 0 Å². The summed E-state index contributed by atoms with van der Waals surface area (Å²) < 4.78 is 0. The summed E-state index contributed by atoms with van der Waals surface area (Å²) in [5.74, 6) is 0.0347. The Hall–Kier alpha value is -2.07. The molecule has 0 fully saturated rings. The van der Waals surface area contributed by atoms with Gasteiger partial charge in [0.15, 0.2) is 0 Å². The number of amides is 1. The van der Waals surface area contributed by atoms with E-state index in [0.29, 0.717) is 22.1 Å². The second-order valence-electron chi connectivity index (χ2n) is 3.91. The predicted molar refractivity (Wildman–Crippen MR) is 72.8 cm³/mol. The lowest BCUT2D eigenvalue weighted by Crippen LogP contribution is -2.12. The highest BCUT2D eigenvalue weighted by Crippen LogP contribution is 2.23. The van der Waals surface area contributed by atoms with Crippen molar-refractivity contribution >= 4 is 29.0 Å². The zero-order valence-electron chi connectivity index (χ0n) is 9.77. The summed E-state index contributed by atoms with van der Waals surface area (Å²) in [5, 5.41) is 3.23. The van der Waals surface area contributed by atoms with E-state index in [1.807, 2.05) is 13.0 Å². The molecule has 0 aliphatic carbocycles. The number of rotatable bonds is 2. The molecule has 0 saturated heterocycles. The molecule has 18 heavy (non-hydrogen) atoms. The first-order valence-electron chi connectivity index (χ1n) is 5.35. The Morgan fingerprint density at radius 1 is 1.33 bits per heavy atom. The number of pyridine rings is 1. The van der Waals surface area contributed by atoms with E-state index >= 15 is 0 Å². The normalized spacial score (nSPS) is 10.1. The average molecular weight is 262 g/mol. The van der Waals surface area contributed by atoms with Gasteiger partial charge in [0.1, 0.15) is 5.82 Å². The molecule has 1 aromatic carbocycles. The highest BCUT2D eigenvalue weighted by atomic mass is 35.5. The number of halogens is 1. The van der Waals surface area contributed by atoms with Gasteiger partial charge in [0.25, 0.3) is 5.91 Å². The molecule has 1 amide bonds. The molecule has 0 saturated carbocycles. The molecule has 1 aromatic heterocycles. The number of anilines is 2. The second-order valence-corrected chi connectivity index (χ2v) is 4.31. The first kappa shape index (κ1) is 12.4. The molecule has 0 aliphatic rings. The monoisotopic (exact) mass is 261 g/mol. The third-order valence-electron chi connectivity index (χ3n) is 2.42. The van der Waals surface area contributed by atoms with Gasteiger partial charge in [-0.2, -0.15) is 0 Å². The van der Waals surface area contributed by atoms with E-state index in [-0.39, 0.29) is 5.91 Å². The number of carbonyl (C=O) groups is 1. The van der Waals surface area contributed by atoms with E-state index in [4.69, 9.17) is 17.3 Å². The fraction of sp³-hybridized carbons (Fsp3) is 0.0769. The SMILES string of the molecule is Cc1ccc(NC(=O)c2ccnc(N)c2)c(Cl)c1. The number of aromatic nitrogens is 1. The Labute approximate surface area is 110 Å². The molecule has 1 heterocycles. The Bertz CT molecular complexity index is 599. The van der Waals surface area contributed by atoms with Crippen molar-refractivity contribution in [1.29, 1.82) is 0 Å². The Balaban J connectivity index is 2.21. The summed E-state index contributed by atoms with van der Waals surface area (Å²) >= 11 is 6.04. The number of nitrogens with two attached hydrogens (primary N) is 1. The lowest BCUT2D eigenvalue weighted by atomic mass is 10.2. The minimum Gasteiger partial charge on any atom is -0.384 e. The number of carbonyl (C=O) groups excluding carboxylic acids is 1. The molecule has 0 radical (unpaired) electrons. The van der Waals surface area contributed by atoms with Crippen LogP contribution in [0.1, 0.15) is 15.9 Å². The van der Waals surface area contributed by atoms with Gasteiger partial charge in [-0.15, -0.1) is 0 Å². The van der Waals surface area contributed by atoms with Crippen molar-refractivity contribution in [2.45, 2.75) is 6.92 Å². The molecule has 2 rings (SSSR count). The highest BCUT2D eigenvalue weighted by Gasteiger charge is 2.08. The van der Waals surface area contributed by atoms with Gasteiger partial charge in [-0.05, 0) is 36.8 Å². The average Bonchev–Trinajstić information content (AvgIpc) is 2.32. The van der Waals surface area contributed by atoms with Gasteiger partial charge in [-0.3, -0.25) is 4.79 Å². The van der Waals surface area contributed by atoms with Gasteiger partial charge in [-0.25, -0.2) is 4.98 Å². The predicted octanol–water partition coefficient (Wildman–Crippen LogP) is 2.88. The Morgan fingerprint density at radius 3 is 2.78 bits per heavy atom. The van der Waals surface area contributed by atoms with Crippen LogP contribution in [0, 0.1) is 6.92 Å². The van der Waals surface area contributed by atoms with Crippen molar-refractivity contribution in [2.24, 2.45) is 0 Å². The van der Waals surface area contributed by atoms with E-state index in [9.17, 15) is 4.79 Å². The maximum Gasteiger partial charge on any atom is 0.255 e. The van der Waals surface area contributed by atoms with E-state index in [1.165, 1.54) is 12.3 Å². The molecule has 0 spiro atoms. The minimum absolute atomic E-state index is 0.269. The molecule has 4 nitrogen and oxygen atoms in total. The number of aryl methyl sites for hydroxylation is 1. The minimum atomic E-state index is -0.269. The first-order chi connectivity index (χ1) is 8.56. The Kier molecular flexibility index (Phi) is 3.48. The third-order valence-corrected chi connectivity index (χ3v) is 2.73. The smallest absolute Gasteiger partial charge is 0.255 e. The van der Waals surface area contributed by atoms with E-state index in [1.54, 1.807) is 18.2 Å². The van der Waals surface area contributed by atoms with Crippen LogP contribution >= 0.6 is 11.6 Å². The Morgan fingerprint density at radius 2 is 2.11 bits per heavy atom. The summed E-state index contributed by atoms with van der Waals surface area (Å²) in [6, 6.07) is 8.53. The van der Waals surface area contributed by atoms with Crippen LogP contribution in [0.5, 0.6) is 0 Å². The second kappa shape index (κ2) is 5.06. The molecule has 0 unspecified atom stereocenters. The van der Waals surface area contributed by atoms with Crippen LogP contribution in [0.25, 0.3) is 0 Å². The van der Waals surface area contributed by atoms with E-state index in [2.05, 4.69) is 10.3 Å². The summed E-state index contributed by atoms with van der Waals surface area (Å²) in [5.41, 5.74) is 7.57. The number of hydrogen-bond acceptors (Lipinski definition) is 3. The quantitative estimate of drug-likeness (QED) is 0.873. The van der Waals surface area contributed by atoms with Gasteiger partial charge in [0.05, 0.1) is 10.7 Å². The largest absolute Gasteiger partial charge is 0.384 e. The number of nitrogens with zero attached hydrogens (tertiary/aromatic N) is 1. The number of nitrogens with one attached hydrogen (secondary N) is 1. The lowest BCUT2D eigenvalue weighted by molar-refractivity contribution is 0.102. The van der Waals surface area contributed by atoms with Crippen LogP contribution in [0.15, 0.2) is 36.5 Å². The van der Waals surface area contributed by atoms with E-state index in [0.717, 1.165) is 5.56 Å². The fourth-order valence-corrected chi connectivity index (χ4v) is 1.79. The van der Waals surface area contributed by atoms with Gasteiger partial charge in [0, 0.05) is 11.8 Å². The molecule has 0 atom stereocenters. The van der Waals surface area contributed by atoms with Crippen LogP contribution in [0.4, 0.5) is 11.5 Å². The number of hydrogen-bond donors (Lipinski definition) is 2. The van der Waals surface area contributed by atoms with Crippen molar-refractivity contribution in [2.75, 3.05) is 11.1 Å². The molecule has 0 bridgehead atoms. The summed E-state index contributed by atoms with van der Waals surface area (Å²) in [6.45, 7) is 1.93.